The van der Waals surface area contributed by atoms with Crippen LogP contribution in [0.4, 0.5) is 9.52 Å². The molecule has 0 aliphatic carbocycles. The zero-order valence-corrected chi connectivity index (χ0v) is 13.0. The van der Waals surface area contributed by atoms with E-state index in [2.05, 4.69) is 10.3 Å². The third-order valence-electron chi connectivity index (χ3n) is 3.47. The molecule has 4 aromatic rings. The first-order valence-electron chi connectivity index (χ1n) is 7.04. The van der Waals surface area contributed by atoms with Gasteiger partial charge in [0.2, 0.25) is 5.91 Å². The average molecular weight is 343 g/mol. The van der Waals surface area contributed by atoms with Crippen molar-refractivity contribution < 1.29 is 13.6 Å². The molecule has 24 heavy (non-hydrogen) atoms. The Kier molecular flexibility index (Phi) is 3.39. The molecular weight excluding hydrogens is 333 g/mol. The first-order valence-corrected chi connectivity index (χ1v) is 7.86. The normalized spacial score (nSPS) is 11.2. The second-order valence-electron chi connectivity index (χ2n) is 5.10. The number of para-hydroxylation sites is 2. The van der Waals surface area contributed by atoms with Crippen molar-refractivity contribution in [3.8, 4) is 0 Å². The highest BCUT2D eigenvalue weighted by molar-refractivity contribution is 7.22. The van der Waals surface area contributed by atoms with Crippen LogP contribution in [0.2, 0.25) is 0 Å². The van der Waals surface area contributed by atoms with Crippen molar-refractivity contribution in [2.75, 3.05) is 5.32 Å². The van der Waals surface area contributed by atoms with Crippen LogP contribution in [0.15, 0.2) is 51.7 Å². The molecule has 0 unspecified atom stereocenters. The van der Waals surface area contributed by atoms with E-state index in [1.165, 1.54) is 28.0 Å². The van der Waals surface area contributed by atoms with Gasteiger partial charge in [0.25, 0.3) is 0 Å². The Balaban J connectivity index is 1.59. The van der Waals surface area contributed by atoms with Gasteiger partial charge in [-0.1, -0.05) is 23.5 Å². The van der Waals surface area contributed by atoms with Crippen LogP contribution in [-0.4, -0.2) is 15.5 Å². The van der Waals surface area contributed by atoms with Crippen molar-refractivity contribution in [3.05, 3.63) is 58.8 Å². The van der Waals surface area contributed by atoms with E-state index < -0.39 is 11.7 Å². The number of aromatic nitrogens is 2. The van der Waals surface area contributed by atoms with Gasteiger partial charge in [-0.2, -0.15) is 0 Å². The summed E-state index contributed by atoms with van der Waals surface area (Å²) < 4.78 is 20.2. The lowest BCUT2D eigenvalue weighted by molar-refractivity contribution is -0.116. The number of nitrogens with zero attached hydrogens (tertiary/aromatic N) is 2. The van der Waals surface area contributed by atoms with Gasteiger partial charge in [-0.3, -0.25) is 9.36 Å². The minimum absolute atomic E-state index is 0.194. The Hall–Kier alpha value is -3.00. The Bertz CT molecular complexity index is 1130. The summed E-state index contributed by atoms with van der Waals surface area (Å²) in [6, 6.07) is 11.1. The van der Waals surface area contributed by atoms with E-state index in [1.807, 2.05) is 0 Å². The molecule has 0 saturated heterocycles. The van der Waals surface area contributed by atoms with Gasteiger partial charge in [0.1, 0.15) is 12.4 Å². The van der Waals surface area contributed by atoms with Crippen LogP contribution in [0, 0.1) is 5.82 Å². The third kappa shape index (κ3) is 2.56. The maximum absolute atomic E-state index is 13.2. The van der Waals surface area contributed by atoms with Gasteiger partial charge in [0.05, 0.1) is 15.7 Å². The van der Waals surface area contributed by atoms with Crippen LogP contribution in [0.5, 0.6) is 0 Å². The number of hydrogen-bond donors (Lipinski definition) is 1. The third-order valence-corrected chi connectivity index (χ3v) is 4.41. The van der Waals surface area contributed by atoms with E-state index in [-0.39, 0.29) is 12.4 Å². The predicted octanol–water partition coefficient (Wildman–Crippen LogP) is 2.98. The molecule has 0 fully saturated rings. The van der Waals surface area contributed by atoms with Crippen molar-refractivity contribution in [2.24, 2.45) is 0 Å². The number of thiazole rings is 1. The first kappa shape index (κ1) is 14.6. The van der Waals surface area contributed by atoms with E-state index in [0.29, 0.717) is 26.4 Å². The van der Waals surface area contributed by atoms with Crippen LogP contribution in [-0.2, 0) is 11.3 Å². The second-order valence-corrected chi connectivity index (χ2v) is 6.13. The summed E-state index contributed by atoms with van der Waals surface area (Å²) in [5, 5.41) is 2.97. The van der Waals surface area contributed by atoms with Crippen molar-refractivity contribution in [3.63, 3.8) is 0 Å². The van der Waals surface area contributed by atoms with Gasteiger partial charge in [-0.05, 0) is 30.3 Å². The van der Waals surface area contributed by atoms with E-state index in [0.717, 1.165) is 0 Å². The average Bonchev–Trinajstić information content (AvgIpc) is 3.07. The first-order chi connectivity index (χ1) is 11.6. The molecule has 2 heterocycles. The monoisotopic (exact) mass is 343 g/mol. The number of hydrogen-bond acceptors (Lipinski definition) is 5. The molecule has 6 nitrogen and oxygen atoms in total. The fourth-order valence-corrected chi connectivity index (χ4v) is 3.32. The summed E-state index contributed by atoms with van der Waals surface area (Å²) >= 11 is 1.17. The molecule has 2 aromatic heterocycles. The highest BCUT2D eigenvalue weighted by Gasteiger charge is 2.14. The molecule has 0 bridgehead atoms. The summed E-state index contributed by atoms with van der Waals surface area (Å²) in [7, 11) is 0. The van der Waals surface area contributed by atoms with Gasteiger partial charge in [-0.15, -0.1) is 0 Å². The number of rotatable bonds is 3. The fourth-order valence-electron chi connectivity index (χ4n) is 2.42. The molecule has 4 rings (SSSR count). The van der Waals surface area contributed by atoms with Crippen LogP contribution in [0.1, 0.15) is 0 Å². The zero-order chi connectivity index (χ0) is 16.7. The second kappa shape index (κ2) is 5.57. The molecule has 0 aliphatic rings. The lowest BCUT2D eigenvalue weighted by Crippen LogP contribution is -2.24. The number of fused-ring (bicyclic) bond motifs is 2. The molecule has 0 spiro atoms. The lowest BCUT2D eigenvalue weighted by atomic mass is 10.3. The molecule has 120 valence electrons. The predicted molar refractivity (Wildman–Crippen MR) is 88.7 cm³/mol. The van der Waals surface area contributed by atoms with Crippen molar-refractivity contribution in [1.82, 2.24) is 9.55 Å². The van der Waals surface area contributed by atoms with Crippen LogP contribution in [0.25, 0.3) is 21.3 Å². The van der Waals surface area contributed by atoms with Crippen molar-refractivity contribution in [2.45, 2.75) is 6.54 Å². The standard InChI is InChI=1S/C16H10FN3O3S/c17-9-5-6-10-13(7-9)24-15(18-10)19-14(21)8-20-11-3-1-2-4-12(11)23-16(20)22/h1-7H,8H2,(H,18,19,21). The topological polar surface area (TPSA) is 77.1 Å². The van der Waals surface area contributed by atoms with Gasteiger partial charge in [-0.25, -0.2) is 14.2 Å². The number of nitrogens with one attached hydrogen (secondary N) is 1. The number of amides is 1. The SMILES string of the molecule is O=C(Cn1c(=O)oc2ccccc21)Nc1nc2ccc(F)cc2s1. The maximum atomic E-state index is 13.2. The summed E-state index contributed by atoms with van der Waals surface area (Å²) in [5.74, 6) is -1.37. The highest BCUT2D eigenvalue weighted by Crippen LogP contribution is 2.26. The molecule has 0 aliphatic heterocycles. The van der Waals surface area contributed by atoms with Crippen LogP contribution in [0.3, 0.4) is 0 Å². The lowest BCUT2D eigenvalue weighted by Gasteiger charge is -2.02. The highest BCUT2D eigenvalue weighted by atomic mass is 32.1. The maximum Gasteiger partial charge on any atom is 0.420 e. The quantitative estimate of drug-likeness (QED) is 0.620. The minimum Gasteiger partial charge on any atom is -0.408 e. The molecule has 1 amide bonds. The fraction of sp³-hybridized carbons (Fsp3) is 0.0625. The van der Waals surface area contributed by atoms with Gasteiger partial charge in [0.15, 0.2) is 10.7 Å². The Morgan fingerprint density at radius 2 is 2.12 bits per heavy atom. The molecule has 2 aromatic carbocycles. The summed E-state index contributed by atoms with van der Waals surface area (Å²) in [6.07, 6.45) is 0. The van der Waals surface area contributed by atoms with E-state index in [4.69, 9.17) is 4.42 Å². The Labute approximate surface area is 138 Å². The zero-order valence-electron chi connectivity index (χ0n) is 12.2. The van der Waals surface area contributed by atoms with Gasteiger partial charge < -0.3 is 9.73 Å². The van der Waals surface area contributed by atoms with Gasteiger partial charge in [0, 0.05) is 0 Å². The van der Waals surface area contributed by atoms with E-state index in [1.54, 1.807) is 30.3 Å². The number of carbonyl (C=O) groups excluding carboxylic acids is 1. The largest absolute Gasteiger partial charge is 0.420 e. The molecule has 0 atom stereocenters. The summed E-state index contributed by atoms with van der Waals surface area (Å²) in [5.41, 5.74) is 1.57. The summed E-state index contributed by atoms with van der Waals surface area (Å²) in [4.78, 5) is 28.3. The number of halogens is 1. The Morgan fingerprint density at radius 3 is 3.00 bits per heavy atom. The molecule has 0 saturated carbocycles. The Morgan fingerprint density at radius 1 is 1.29 bits per heavy atom. The smallest absolute Gasteiger partial charge is 0.408 e. The van der Waals surface area contributed by atoms with Gasteiger partial charge >= 0.3 is 5.76 Å². The van der Waals surface area contributed by atoms with E-state index in [9.17, 15) is 14.0 Å². The minimum atomic E-state index is -0.599. The molecule has 1 N–H and O–H groups in total. The van der Waals surface area contributed by atoms with Crippen LogP contribution < -0.4 is 11.1 Å². The summed E-state index contributed by atoms with van der Waals surface area (Å²) in [6.45, 7) is -0.194. The number of benzene rings is 2. The number of oxazole rings is 1. The number of anilines is 1. The van der Waals surface area contributed by atoms with Crippen molar-refractivity contribution >= 4 is 43.7 Å². The van der Waals surface area contributed by atoms with Crippen molar-refractivity contribution in [1.29, 1.82) is 0 Å². The molecular formula is C16H10FN3O3S. The number of carbonyl (C=O) groups is 1. The van der Waals surface area contributed by atoms with Crippen LogP contribution >= 0.6 is 11.3 Å². The molecule has 0 radical (unpaired) electrons. The van der Waals surface area contributed by atoms with E-state index >= 15 is 0 Å². The molecule has 8 heteroatoms.